The molecule has 0 spiro atoms. The molecule has 7 heteroatoms. The Balaban J connectivity index is 1.67. The van der Waals surface area contributed by atoms with Crippen LogP contribution in [-0.2, 0) is 14.9 Å². The van der Waals surface area contributed by atoms with Gasteiger partial charge in [0.2, 0.25) is 0 Å². The molecule has 0 radical (unpaired) electrons. The topological polar surface area (TPSA) is 80.7 Å². The van der Waals surface area contributed by atoms with Gasteiger partial charge in [-0.25, -0.2) is 0 Å². The first-order valence-electron chi connectivity index (χ1n) is 6.38. The highest BCUT2D eigenvalue weighted by molar-refractivity contribution is 8.01. The zero-order valence-electron chi connectivity index (χ0n) is 10.6. The molecule has 3 atom stereocenters. The van der Waals surface area contributed by atoms with Gasteiger partial charge in [0, 0.05) is 10.5 Å². The molecule has 2 aliphatic heterocycles. The maximum atomic E-state index is 12.1. The summed E-state index contributed by atoms with van der Waals surface area (Å²) in [5, 5.41) is 0.948. The van der Waals surface area contributed by atoms with Gasteiger partial charge in [-0.3, -0.25) is 9.35 Å². The highest BCUT2D eigenvalue weighted by Gasteiger charge is 2.44. The maximum absolute atomic E-state index is 12.1. The molecule has 2 saturated heterocycles. The number of thioether (sulfide) groups is 1. The van der Waals surface area contributed by atoms with Gasteiger partial charge in [0.05, 0.1) is 10.8 Å². The third-order valence-electron chi connectivity index (χ3n) is 3.75. The molecule has 2 aliphatic rings. The van der Waals surface area contributed by atoms with Gasteiger partial charge in [-0.1, -0.05) is 0 Å². The second-order valence-corrected chi connectivity index (χ2v) is 8.05. The molecule has 1 aromatic rings. The summed E-state index contributed by atoms with van der Waals surface area (Å²) < 4.78 is 36.0. The molecular weight excluding hydrogens is 300 g/mol. The third kappa shape index (κ3) is 2.70. The van der Waals surface area contributed by atoms with Gasteiger partial charge in [-0.05, 0) is 43.5 Å². The predicted octanol–water partition coefficient (Wildman–Crippen LogP) is 2.12. The SMILES string of the molecule is O=C(Oc1ccc(S(=O)(=O)O)cc1)C1CC2CCC1S2. The molecule has 3 rings (SSSR count). The lowest BCUT2D eigenvalue weighted by Gasteiger charge is -2.18. The molecule has 1 N–H and O–H groups in total. The van der Waals surface area contributed by atoms with E-state index in [4.69, 9.17) is 9.29 Å². The molecule has 0 saturated carbocycles. The van der Waals surface area contributed by atoms with E-state index in [-0.39, 0.29) is 16.8 Å². The van der Waals surface area contributed by atoms with Gasteiger partial charge < -0.3 is 4.74 Å². The predicted molar refractivity (Wildman–Crippen MR) is 74.4 cm³/mol. The molecule has 3 unspecified atom stereocenters. The van der Waals surface area contributed by atoms with Crippen LogP contribution in [0.15, 0.2) is 29.2 Å². The van der Waals surface area contributed by atoms with Crippen LogP contribution in [0.3, 0.4) is 0 Å². The second kappa shape index (κ2) is 5.05. The van der Waals surface area contributed by atoms with Crippen molar-refractivity contribution < 1.29 is 22.5 Å². The van der Waals surface area contributed by atoms with Crippen LogP contribution in [0.25, 0.3) is 0 Å². The molecule has 108 valence electrons. The van der Waals surface area contributed by atoms with E-state index in [1.165, 1.54) is 30.7 Å². The number of rotatable bonds is 3. The van der Waals surface area contributed by atoms with E-state index in [1.807, 2.05) is 11.8 Å². The summed E-state index contributed by atoms with van der Waals surface area (Å²) in [6.45, 7) is 0. The van der Waals surface area contributed by atoms with Gasteiger partial charge in [-0.15, -0.1) is 0 Å². The zero-order valence-corrected chi connectivity index (χ0v) is 12.2. The summed E-state index contributed by atoms with van der Waals surface area (Å²) in [4.78, 5) is 11.9. The second-order valence-electron chi connectivity index (χ2n) is 5.08. The van der Waals surface area contributed by atoms with Gasteiger partial charge in [0.15, 0.2) is 0 Å². The van der Waals surface area contributed by atoms with Crippen molar-refractivity contribution in [1.82, 2.24) is 0 Å². The Kier molecular flexibility index (Phi) is 3.51. The molecule has 2 heterocycles. The quantitative estimate of drug-likeness (QED) is 0.523. The van der Waals surface area contributed by atoms with Crippen molar-refractivity contribution in [1.29, 1.82) is 0 Å². The number of carbonyl (C=O) groups excluding carboxylic acids is 1. The standard InChI is InChI=1S/C13H14O5S2/c14-13(11-7-9-3-6-12(11)19-9)18-8-1-4-10(5-2-8)20(15,16)17/h1-2,4-5,9,11-12H,3,6-7H2,(H,15,16,17). The molecule has 1 aromatic carbocycles. The molecule has 0 amide bonds. The average molecular weight is 314 g/mol. The summed E-state index contributed by atoms with van der Waals surface area (Å²) in [6.07, 6.45) is 3.12. The molecule has 0 aromatic heterocycles. The molecule has 0 aliphatic carbocycles. The first kappa shape index (κ1) is 13.9. The summed E-state index contributed by atoms with van der Waals surface area (Å²) in [5.41, 5.74) is 0. The maximum Gasteiger partial charge on any atom is 0.315 e. The van der Waals surface area contributed by atoms with E-state index in [9.17, 15) is 13.2 Å². The van der Waals surface area contributed by atoms with Crippen molar-refractivity contribution in [3.8, 4) is 5.75 Å². The molecule has 2 fully saturated rings. The first-order valence-corrected chi connectivity index (χ1v) is 8.76. The summed E-state index contributed by atoms with van der Waals surface area (Å²) >= 11 is 1.87. The number of hydrogen-bond acceptors (Lipinski definition) is 5. The van der Waals surface area contributed by atoms with E-state index < -0.39 is 10.1 Å². The fraction of sp³-hybridized carbons (Fsp3) is 0.462. The van der Waals surface area contributed by atoms with Crippen LogP contribution >= 0.6 is 11.8 Å². The fourth-order valence-electron chi connectivity index (χ4n) is 2.76. The number of esters is 1. The van der Waals surface area contributed by atoms with Crippen molar-refractivity contribution in [3.63, 3.8) is 0 Å². The average Bonchev–Trinajstić information content (AvgIpc) is 3.00. The summed E-state index contributed by atoms with van der Waals surface area (Å²) in [6, 6.07) is 5.18. The Hall–Kier alpha value is -1.05. The number of benzene rings is 1. The Bertz CT molecular complexity index is 623. The molecule has 20 heavy (non-hydrogen) atoms. The van der Waals surface area contributed by atoms with E-state index in [1.54, 1.807) is 0 Å². The third-order valence-corrected chi connectivity index (χ3v) is 6.34. The van der Waals surface area contributed by atoms with Crippen molar-refractivity contribution in [3.05, 3.63) is 24.3 Å². The van der Waals surface area contributed by atoms with Gasteiger partial charge in [-0.2, -0.15) is 20.2 Å². The van der Waals surface area contributed by atoms with E-state index >= 15 is 0 Å². The number of hydrogen-bond donors (Lipinski definition) is 1. The Morgan fingerprint density at radius 2 is 1.95 bits per heavy atom. The summed E-state index contributed by atoms with van der Waals surface area (Å²) in [7, 11) is -4.21. The highest BCUT2D eigenvalue weighted by atomic mass is 32.2. The van der Waals surface area contributed by atoms with Crippen LogP contribution in [0.4, 0.5) is 0 Å². The minimum atomic E-state index is -4.21. The van der Waals surface area contributed by atoms with Crippen LogP contribution in [0.2, 0.25) is 0 Å². The zero-order chi connectivity index (χ0) is 14.3. The van der Waals surface area contributed by atoms with Gasteiger partial charge in [0.1, 0.15) is 5.75 Å². The van der Waals surface area contributed by atoms with E-state index in [0.717, 1.165) is 12.8 Å². The van der Waals surface area contributed by atoms with Gasteiger partial charge >= 0.3 is 5.97 Å². The molecule has 2 bridgehead atoms. The number of fused-ring (bicyclic) bond motifs is 2. The van der Waals surface area contributed by atoms with Crippen molar-refractivity contribution >= 4 is 27.8 Å². The Morgan fingerprint density at radius 3 is 2.45 bits per heavy atom. The molecule has 5 nitrogen and oxygen atoms in total. The van der Waals surface area contributed by atoms with Crippen LogP contribution in [0.1, 0.15) is 19.3 Å². The minimum Gasteiger partial charge on any atom is -0.426 e. The lowest BCUT2D eigenvalue weighted by molar-refractivity contribution is -0.139. The Morgan fingerprint density at radius 1 is 1.25 bits per heavy atom. The fourth-order valence-corrected chi connectivity index (χ4v) is 5.01. The van der Waals surface area contributed by atoms with Crippen molar-refractivity contribution in [2.75, 3.05) is 0 Å². The van der Waals surface area contributed by atoms with Crippen LogP contribution in [-0.4, -0.2) is 29.4 Å². The van der Waals surface area contributed by atoms with Crippen LogP contribution < -0.4 is 4.74 Å². The van der Waals surface area contributed by atoms with Gasteiger partial charge in [0.25, 0.3) is 10.1 Å². The van der Waals surface area contributed by atoms with E-state index in [2.05, 4.69) is 0 Å². The number of ether oxygens (including phenoxy) is 1. The summed E-state index contributed by atoms with van der Waals surface area (Å²) in [5.74, 6) is -0.000481. The van der Waals surface area contributed by atoms with Crippen molar-refractivity contribution in [2.45, 2.75) is 34.7 Å². The van der Waals surface area contributed by atoms with Crippen LogP contribution in [0.5, 0.6) is 5.75 Å². The van der Waals surface area contributed by atoms with E-state index in [0.29, 0.717) is 16.2 Å². The normalized spacial score (nSPS) is 28.6. The largest absolute Gasteiger partial charge is 0.426 e. The lowest BCUT2D eigenvalue weighted by Crippen LogP contribution is -2.28. The highest BCUT2D eigenvalue weighted by Crippen LogP contribution is 2.49. The monoisotopic (exact) mass is 314 g/mol. The minimum absolute atomic E-state index is 0.0556. The van der Waals surface area contributed by atoms with Crippen molar-refractivity contribution in [2.24, 2.45) is 5.92 Å². The lowest BCUT2D eigenvalue weighted by atomic mass is 9.89. The Labute approximate surface area is 121 Å². The first-order chi connectivity index (χ1) is 9.43. The molecular formula is C13H14O5S2. The van der Waals surface area contributed by atoms with Crippen LogP contribution in [0, 0.1) is 5.92 Å². The smallest absolute Gasteiger partial charge is 0.315 e. The number of carbonyl (C=O) groups is 1.